The van der Waals surface area contributed by atoms with Crippen LogP contribution in [-0.4, -0.2) is 40.0 Å². The third-order valence-corrected chi connectivity index (χ3v) is 3.00. The predicted octanol–water partition coefficient (Wildman–Crippen LogP) is 2.97. The van der Waals surface area contributed by atoms with Crippen molar-refractivity contribution in [3.63, 3.8) is 0 Å². The Labute approximate surface area is 115 Å². The van der Waals surface area contributed by atoms with Crippen molar-refractivity contribution in [2.45, 2.75) is 46.7 Å². The number of hydrogen-bond acceptors (Lipinski definition) is 4. The van der Waals surface area contributed by atoms with E-state index >= 15 is 0 Å². The van der Waals surface area contributed by atoms with Gasteiger partial charge < -0.3 is 5.32 Å². The lowest BCUT2D eigenvalue weighted by molar-refractivity contribution is 0.182. The van der Waals surface area contributed by atoms with Crippen LogP contribution in [0.4, 0.5) is 5.82 Å². The van der Waals surface area contributed by atoms with Gasteiger partial charge in [0, 0.05) is 31.2 Å². The summed E-state index contributed by atoms with van der Waals surface area (Å²) in [5.41, 5.74) is 0. The molecule has 1 heterocycles. The number of halogens is 1. The summed E-state index contributed by atoms with van der Waals surface area (Å²) in [5, 5.41) is 3.77. The van der Waals surface area contributed by atoms with Crippen LogP contribution in [-0.2, 0) is 0 Å². The Morgan fingerprint density at radius 2 is 1.83 bits per heavy atom. The quantitative estimate of drug-likeness (QED) is 0.807. The first-order chi connectivity index (χ1) is 8.40. The molecule has 18 heavy (non-hydrogen) atoms. The number of nitrogens with zero attached hydrogens (tertiary/aromatic N) is 3. The molecule has 0 radical (unpaired) electrons. The van der Waals surface area contributed by atoms with Gasteiger partial charge in [-0.25, -0.2) is 9.97 Å². The number of aryl methyl sites for hydroxylation is 1. The van der Waals surface area contributed by atoms with E-state index in [1.807, 2.05) is 6.92 Å². The van der Waals surface area contributed by atoms with E-state index in [0.29, 0.717) is 23.1 Å². The van der Waals surface area contributed by atoms with E-state index in [1.54, 1.807) is 6.07 Å². The van der Waals surface area contributed by atoms with Crippen LogP contribution < -0.4 is 5.32 Å². The number of anilines is 1. The molecule has 1 aromatic heterocycles. The van der Waals surface area contributed by atoms with Crippen molar-refractivity contribution in [1.82, 2.24) is 14.9 Å². The van der Waals surface area contributed by atoms with Crippen molar-refractivity contribution < 1.29 is 0 Å². The lowest BCUT2D eigenvalue weighted by Gasteiger charge is -2.30. The standard InChI is InChI=1S/C13H23ClN4/c1-9(2)18(10(3)4)7-6-15-13-8-12(14)16-11(5)17-13/h8-10H,6-7H2,1-5H3,(H,15,16,17). The summed E-state index contributed by atoms with van der Waals surface area (Å²) in [4.78, 5) is 10.8. The maximum atomic E-state index is 5.89. The van der Waals surface area contributed by atoms with Gasteiger partial charge in [-0.15, -0.1) is 0 Å². The molecule has 0 spiro atoms. The largest absolute Gasteiger partial charge is 0.369 e. The average molecular weight is 271 g/mol. The fraction of sp³-hybridized carbons (Fsp3) is 0.692. The van der Waals surface area contributed by atoms with Gasteiger partial charge in [-0.05, 0) is 34.6 Å². The topological polar surface area (TPSA) is 41.1 Å². The van der Waals surface area contributed by atoms with Crippen molar-refractivity contribution >= 4 is 17.4 Å². The SMILES string of the molecule is Cc1nc(Cl)cc(NCCN(C(C)C)C(C)C)n1. The van der Waals surface area contributed by atoms with E-state index in [4.69, 9.17) is 11.6 Å². The fourth-order valence-electron chi connectivity index (χ4n) is 2.05. The minimum absolute atomic E-state index is 0.481. The molecule has 0 aromatic carbocycles. The van der Waals surface area contributed by atoms with E-state index in [9.17, 15) is 0 Å². The minimum atomic E-state index is 0.481. The molecule has 0 fully saturated rings. The number of rotatable bonds is 6. The highest BCUT2D eigenvalue weighted by atomic mass is 35.5. The van der Waals surface area contributed by atoms with Gasteiger partial charge in [0.15, 0.2) is 0 Å². The van der Waals surface area contributed by atoms with Gasteiger partial charge in [0.05, 0.1) is 0 Å². The number of hydrogen-bond donors (Lipinski definition) is 1. The smallest absolute Gasteiger partial charge is 0.134 e. The molecule has 0 amide bonds. The zero-order valence-electron chi connectivity index (χ0n) is 11.9. The first kappa shape index (κ1) is 15.2. The summed E-state index contributed by atoms with van der Waals surface area (Å²) in [6, 6.07) is 2.84. The molecule has 1 N–H and O–H groups in total. The predicted molar refractivity (Wildman–Crippen MR) is 77.2 cm³/mol. The molecule has 0 aliphatic carbocycles. The molecule has 0 aliphatic rings. The van der Waals surface area contributed by atoms with Crippen molar-refractivity contribution in [2.75, 3.05) is 18.4 Å². The normalized spacial score (nSPS) is 11.6. The summed E-state index contributed by atoms with van der Waals surface area (Å²) in [6.45, 7) is 12.5. The zero-order chi connectivity index (χ0) is 13.7. The van der Waals surface area contributed by atoms with Gasteiger partial charge in [-0.2, -0.15) is 0 Å². The van der Waals surface area contributed by atoms with Gasteiger partial charge >= 0.3 is 0 Å². The van der Waals surface area contributed by atoms with Crippen LogP contribution in [0.2, 0.25) is 5.15 Å². The van der Waals surface area contributed by atoms with E-state index in [-0.39, 0.29) is 0 Å². The Bertz CT molecular complexity index is 351. The maximum absolute atomic E-state index is 5.89. The Balaban J connectivity index is 2.50. The zero-order valence-corrected chi connectivity index (χ0v) is 12.6. The van der Waals surface area contributed by atoms with Crippen LogP contribution >= 0.6 is 11.6 Å². The summed E-state index contributed by atoms with van der Waals surface area (Å²) in [6.07, 6.45) is 0. The van der Waals surface area contributed by atoms with Gasteiger partial charge in [0.1, 0.15) is 16.8 Å². The summed E-state index contributed by atoms with van der Waals surface area (Å²) < 4.78 is 0. The minimum Gasteiger partial charge on any atom is -0.369 e. The van der Waals surface area contributed by atoms with Crippen molar-refractivity contribution in [2.24, 2.45) is 0 Å². The number of nitrogens with one attached hydrogen (secondary N) is 1. The van der Waals surface area contributed by atoms with E-state index in [1.165, 1.54) is 0 Å². The molecule has 0 aliphatic heterocycles. The molecule has 0 bridgehead atoms. The van der Waals surface area contributed by atoms with Crippen molar-refractivity contribution in [3.8, 4) is 0 Å². The van der Waals surface area contributed by atoms with Crippen molar-refractivity contribution in [1.29, 1.82) is 0 Å². The second kappa shape index (κ2) is 6.90. The Morgan fingerprint density at radius 3 is 2.33 bits per heavy atom. The highest BCUT2D eigenvalue weighted by Gasteiger charge is 2.12. The van der Waals surface area contributed by atoms with Crippen LogP contribution in [0.1, 0.15) is 33.5 Å². The van der Waals surface area contributed by atoms with Gasteiger partial charge in [0.25, 0.3) is 0 Å². The monoisotopic (exact) mass is 270 g/mol. The highest BCUT2D eigenvalue weighted by molar-refractivity contribution is 6.29. The fourth-order valence-corrected chi connectivity index (χ4v) is 2.27. The van der Waals surface area contributed by atoms with Crippen molar-refractivity contribution in [3.05, 3.63) is 17.0 Å². The van der Waals surface area contributed by atoms with Crippen LogP contribution in [0.15, 0.2) is 6.07 Å². The molecule has 5 heteroatoms. The van der Waals surface area contributed by atoms with E-state index in [0.717, 1.165) is 18.9 Å². The molecule has 1 aromatic rings. The molecule has 0 atom stereocenters. The Morgan fingerprint density at radius 1 is 1.22 bits per heavy atom. The van der Waals surface area contributed by atoms with E-state index < -0.39 is 0 Å². The summed E-state index contributed by atoms with van der Waals surface area (Å²) in [5.74, 6) is 1.48. The molecule has 0 saturated heterocycles. The first-order valence-corrected chi connectivity index (χ1v) is 6.78. The van der Waals surface area contributed by atoms with Gasteiger partial charge in [0.2, 0.25) is 0 Å². The summed E-state index contributed by atoms with van der Waals surface area (Å²) >= 11 is 5.89. The molecular formula is C13H23ClN4. The number of aromatic nitrogens is 2. The second-order valence-corrected chi connectivity index (χ2v) is 5.36. The van der Waals surface area contributed by atoms with Gasteiger partial charge in [-0.1, -0.05) is 11.6 Å². The van der Waals surface area contributed by atoms with Crippen LogP contribution in [0.5, 0.6) is 0 Å². The first-order valence-electron chi connectivity index (χ1n) is 6.41. The molecule has 0 saturated carbocycles. The molecule has 1 rings (SSSR count). The van der Waals surface area contributed by atoms with Crippen LogP contribution in [0.3, 0.4) is 0 Å². The van der Waals surface area contributed by atoms with Gasteiger partial charge in [-0.3, -0.25) is 4.90 Å². The molecule has 4 nitrogen and oxygen atoms in total. The summed E-state index contributed by atoms with van der Waals surface area (Å²) in [7, 11) is 0. The molecule has 0 unspecified atom stereocenters. The second-order valence-electron chi connectivity index (χ2n) is 4.98. The third kappa shape index (κ3) is 4.78. The average Bonchev–Trinajstić information content (AvgIpc) is 2.21. The Kier molecular flexibility index (Phi) is 5.82. The lowest BCUT2D eigenvalue weighted by Crippen LogP contribution is -2.40. The maximum Gasteiger partial charge on any atom is 0.134 e. The third-order valence-electron chi connectivity index (χ3n) is 2.81. The molecular weight excluding hydrogens is 248 g/mol. The van der Waals surface area contributed by atoms with Crippen LogP contribution in [0, 0.1) is 6.92 Å². The van der Waals surface area contributed by atoms with E-state index in [2.05, 4.69) is 47.9 Å². The Hall–Kier alpha value is -0.870. The highest BCUT2D eigenvalue weighted by Crippen LogP contribution is 2.11. The molecule has 102 valence electrons. The lowest BCUT2D eigenvalue weighted by atomic mass is 10.2. The van der Waals surface area contributed by atoms with Crippen LogP contribution in [0.25, 0.3) is 0 Å².